The third kappa shape index (κ3) is 3.91. The van der Waals surface area contributed by atoms with Crippen molar-refractivity contribution in [2.75, 3.05) is 13.7 Å². The summed E-state index contributed by atoms with van der Waals surface area (Å²) in [6.07, 6.45) is 0.441. The molecule has 1 aliphatic heterocycles. The molecule has 2 unspecified atom stereocenters. The van der Waals surface area contributed by atoms with Crippen molar-refractivity contribution in [1.82, 2.24) is 5.32 Å². The summed E-state index contributed by atoms with van der Waals surface area (Å²) in [4.78, 5) is 24.2. The second kappa shape index (κ2) is 7.66. The van der Waals surface area contributed by atoms with Gasteiger partial charge < -0.3 is 19.9 Å². The summed E-state index contributed by atoms with van der Waals surface area (Å²) < 4.78 is 10.7. The Balaban J connectivity index is 1.73. The van der Waals surface area contributed by atoms with Crippen LogP contribution in [0.4, 0.5) is 0 Å². The molecule has 1 heterocycles. The summed E-state index contributed by atoms with van der Waals surface area (Å²) >= 11 is 5.99. The van der Waals surface area contributed by atoms with Gasteiger partial charge in [0.05, 0.1) is 13.0 Å². The fraction of sp³-hybridized carbons (Fsp3) is 0.263. The largest absolute Gasteiger partial charge is 0.497 e. The van der Waals surface area contributed by atoms with Crippen molar-refractivity contribution in [3.63, 3.8) is 0 Å². The molecular weight excluding hydrogens is 358 g/mol. The van der Waals surface area contributed by atoms with Crippen LogP contribution in [0.5, 0.6) is 11.5 Å². The Hall–Kier alpha value is -2.73. The highest BCUT2D eigenvalue weighted by Crippen LogP contribution is 2.30. The summed E-state index contributed by atoms with van der Waals surface area (Å²) in [5, 5.41) is 12.7. The Kier molecular flexibility index (Phi) is 5.32. The number of carbonyl (C=O) groups is 2. The second-order valence-electron chi connectivity index (χ2n) is 6.02. The maximum Gasteiger partial charge on any atom is 0.330 e. The smallest absolute Gasteiger partial charge is 0.330 e. The number of ether oxygens (including phenoxy) is 2. The molecule has 0 saturated heterocycles. The highest BCUT2D eigenvalue weighted by molar-refractivity contribution is 6.30. The van der Waals surface area contributed by atoms with Crippen molar-refractivity contribution < 1.29 is 24.2 Å². The lowest BCUT2D eigenvalue weighted by Crippen LogP contribution is -2.41. The van der Waals surface area contributed by atoms with E-state index in [0.29, 0.717) is 28.5 Å². The van der Waals surface area contributed by atoms with E-state index >= 15 is 0 Å². The summed E-state index contributed by atoms with van der Waals surface area (Å²) in [6.45, 7) is 0.190. The van der Waals surface area contributed by atoms with Crippen molar-refractivity contribution in [2.24, 2.45) is 5.92 Å². The molecule has 0 radical (unpaired) electrons. The van der Waals surface area contributed by atoms with Crippen LogP contribution in [0.2, 0.25) is 5.02 Å². The zero-order chi connectivity index (χ0) is 18.7. The van der Waals surface area contributed by atoms with E-state index in [9.17, 15) is 14.7 Å². The van der Waals surface area contributed by atoms with Gasteiger partial charge in [0.1, 0.15) is 18.1 Å². The number of aliphatic carboxylic acids is 1. The van der Waals surface area contributed by atoms with Crippen LogP contribution in [0, 0.1) is 5.92 Å². The standard InChI is InChI=1S/C19H18ClNO5/c1-25-15-5-2-11(3-6-15)17(19(23)24)21-18(22)13-8-12-9-14(20)4-7-16(12)26-10-13/h2-7,9,13,17H,8,10H2,1H3,(H,21,22)(H,23,24). The molecule has 2 atom stereocenters. The fourth-order valence-electron chi connectivity index (χ4n) is 2.88. The molecule has 6 nitrogen and oxygen atoms in total. The lowest BCUT2D eigenvalue weighted by molar-refractivity contribution is -0.143. The van der Waals surface area contributed by atoms with E-state index in [1.54, 1.807) is 42.5 Å². The quantitative estimate of drug-likeness (QED) is 0.839. The van der Waals surface area contributed by atoms with Crippen LogP contribution in [0.25, 0.3) is 0 Å². The van der Waals surface area contributed by atoms with Crippen molar-refractivity contribution >= 4 is 23.5 Å². The molecule has 1 amide bonds. The molecule has 2 N–H and O–H groups in total. The number of fused-ring (bicyclic) bond motifs is 1. The van der Waals surface area contributed by atoms with Gasteiger partial charge in [-0.2, -0.15) is 0 Å². The molecule has 26 heavy (non-hydrogen) atoms. The van der Waals surface area contributed by atoms with Gasteiger partial charge in [-0.15, -0.1) is 0 Å². The number of hydrogen-bond acceptors (Lipinski definition) is 4. The number of carboxylic acids is 1. The van der Waals surface area contributed by atoms with Crippen LogP contribution in [-0.2, 0) is 16.0 Å². The van der Waals surface area contributed by atoms with Crippen molar-refractivity contribution in [3.8, 4) is 11.5 Å². The van der Waals surface area contributed by atoms with Crippen molar-refractivity contribution in [3.05, 3.63) is 58.6 Å². The summed E-state index contributed by atoms with van der Waals surface area (Å²) in [7, 11) is 1.53. The van der Waals surface area contributed by atoms with Crippen LogP contribution >= 0.6 is 11.6 Å². The van der Waals surface area contributed by atoms with E-state index in [0.717, 1.165) is 5.56 Å². The summed E-state index contributed by atoms with van der Waals surface area (Å²) in [5.74, 6) is -0.689. The van der Waals surface area contributed by atoms with Gasteiger partial charge in [0.2, 0.25) is 5.91 Å². The number of nitrogens with one attached hydrogen (secondary N) is 1. The topological polar surface area (TPSA) is 84.9 Å². The second-order valence-corrected chi connectivity index (χ2v) is 6.45. The molecule has 0 fully saturated rings. The van der Waals surface area contributed by atoms with Crippen LogP contribution in [-0.4, -0.2) is 30.7 Å². The molecule has 0 aromatic heterocycles. The first-order valence-electron chi connectivity index (χ1n) is 8.06. The van der Waals surface area contributed by atoms with Gasteiger partial charge in [0.25, 0.3) is 0 Å². The molecule has 0 saturated carbocycles. The predicted octanol–water partition coefficient (Wildman–Crippen LogP) is 2.84. The number of hydrogen-bond donors (Lipinski definition) is 2. The Bertz CT molecular complexity index is 821. The van der Waals surface area contributed by atoms with Gasteiger partial charge in [-0.1, -0.05) is 23.7 Å². The minimum absolute atomic E-state index is 0.190. The van der Waals surface area contributed by atoms with E-state index in [-0.39, 0.29) is 12.5 Å². The molecule has 0 aliphatic carbocycles. The molecule has 3 rings (SSSR count). The molecule has 0 bridgehead atoms. The molecule has 136 valence electrons. The van der Waals surface area contributed by atoms with E-state index in [2.05, 4.69) is 5.32 Å². The molecule has 0 spiro atoms. The maximum atomic E-state index is 12.6. The van der Waals surface area contributed by atoms with Crippen molar-refractivity contribution in [1.29, 1.82) is 0 Å². The number of halogens is 1. The van der Waals surface area contributed by atoms with Gasteiger partial charge in [0.15, 0.2) is 6.04 Å². The lowest BCUT2D eigenvalue weighted by atomic mass is 9.95. The van der Waals surface area contributed by atoms with E-state index in [1.807, 2.05) is 0 Å². The van der Waals surface area contributed by atoms with Gasteiger partial charge in [-0.3, -0.25) is 4.79 Å². The number of methoxy groups -OCH3 is 1. The summed E-state index contributed by atoms with van der Waals surface area (Å²) in [6, 6.07) is 10.6. The normalized spacial score (nSPS) is 16.8. The van der Waals surface area contributed by atoms with Crippen LogP contribution < -0.4 is 14.8 Å². The minimum atomic E-state index is -1.14. The highest BCUT2D eigenvalue weighted by Gasteiger charge is 2.30. The number of carboxylic acid groups (broad SMARTS) is 1. The number of rotatable bonds is 5. The first-order valence-corrected chi connectivity index (χ1v) is 8.44. The first-order chi connectivity index (χ1) is 12.5. The monoisotopic (exact) mass is 375 g/mol. The highest BCUT2D eigenvalue weighted by atomic mass is 35.5. The number of carbonyl (C=O) groups excluding carboxylic acids is 1. The molecule has 2 aromatic carbocycles. The van der Waals surface area contributed by atoms with Crippen LogP contribution in [0.15, 0.2) is 42.5 Å². The van der Waals surface area contributed by atoms with Gasteiger partial charge in [0, 0.05) is 5.02 Å². The summed E-state index contributed by atoms with van der Waals surface area (Å²) in [5.41, 5.74) is 1.30. The van der Waals surface area contributed by atoms with E-state index in [4.69, 9.17) is 21.1 Å². The average Bonchev–Trinajstić information content (AvgIpc) is 2.65. The third-order valence-electron chi connectivity index (χ3n) is 4.28. The Morgan fingerprint density at radius 1 is 1.27 bits per heavy atom. The minimum Gasteiger partial charge on any atom is -0.497 e. The molecule has 2 aromatic rings. The zero-order valence-electron chi connectivity index (χ0n) is 14.1. The molecule has 1 aliphatic rings. The predicted molar refractivity (Wildman–Crippen MR) is 95.7 cm³/mol. The van der Waals surface area contributed by atoms with Crippen molar-refractivity contribution in [2.45, 2.75) is 12.5 Å². The SMILES string of the molecule is COc1ccc(C(NC(=O)C2COc3ccc(Cl)cc3C2)C(=O)O)cc1. The van der Waals surface area contributed by atoms with Gasteiger partial charge >= 0.3 is 5.97 Å². The molecule has 7 heteroatoms. The van der Waals surface area contributed by atoms with E-state index < -0.39 is 17.9 Å². The third-order valence-corrected chi connectivity index (χ3v) is 4.52. The Morgan fingerprint density at radius 2 is 2.00 bits per heavy atom. The van der Waals surface area contributed by atoms with Gasteiger partial charge in [-0.05, 0) is 47.9 Å². The maximum absolute atomic E-state index is 12.6. The number of benzene rings is 2. The van der Waals surface area contributed by atoms with Crippen LogP contribution in [0.1, 0.15) is 17.2 Å². The van der Waals surface area contributed by atoms with Gasteiger partial charge in [-0.25, -0.2) is 4.79 Å². The lowest BCUT2D eigenvalue weighted by Gasteiger charge is -2.26. The molecular formula is C19H18ClNO5. The van der Waals surface area contributed by atoms with E-state index in [1.165, 1.54) is 7.11 Å². The van der Waals surface area contributed by atoms with Crippen LogP contribution in [0.3, 0.4) is 0 Å². The first kappa shape index (κ1) is 18.1. The number of amides is 1. The Labute approximate surface area is 155 Å². The fourth-order valence-corrected chi connectivity index (χ4v) is 3.07. The zero-order valence-corrected chi connectivity index (χ0v) is 14.8. The Morgan fingerprint density at radius 3 is 2.65 bits per heavy atom. The average molecular weight is 376 g/mol.